The molecule has 22 heavy (non-hydrogen) atoms. The molecule has 2 aromatic rings. The zero-order valence-electron chi connectivity index (χ0n) is 13.2. The SMILES string of the molecule is CCCc1nc(C2CN(CCc3scnc3C)CCO2)n[nH]1. The van der Waals surface area contributed by atoms with E-state index in [1.165, 1.54) is 4.88 Å². The Balaban J connectivity index is 1.55. The lowest BCUT2D eigenvalue weighted by molar-refractivity contribution is -0.0337. The van der Waals surface area contributed by atoms with Crippen LogP contribution < -0.4 is 0 Å². The van der Waals surface area contributed by atoms with E-state index in [9.17, 15) is 0 Å². The molecule has 1 fully saturated rings. The first-order valence-electron chi connectivity index (χ1n) is 7.90. The molecular weight excluding hydrogens is 298 g/mol. The van der Waals surface area contributed by atoms with Crippen molar-refractivity contribution < 1.29 is 4.74 Å². The Labute approximate surface area is 134 Å². The van der Waals surface area contributed by atoms with Crippen LogP contribution in [0, 0.1) is 6.92 Å². The Bertz CT molecular complexity index is 596. The van der Waals surface area contributed by atoms with Crippen LogP contribution in [0.25, 0.3) is 0 Å². The molecule has 2 aromatic heterocycles. The number of ether oxygens (including phenoxy) is 1. The Kier molecular flexibility index (Phi) is 5.17. The molecule has 3 rings (SSSR count). The first kappa shape index (κ1) is 15.6. The maximum Gasteiger partial charge on any atom is 0.180 e. The molecule has 3 heterocycles. The molecule has 1 N–H and O–H groups in total. The molecule has 0 radical (unpaired) electrons. The number of aromatic nitrogens is 4. The standard InChI is InChI=1S/C15H23N5OS/c1-3-4-14-17-15(19-18-14)12-9-20(7-8-21-12)6-5-13-11(2)16-10-22-13/h10,12H,3-9H2,1-2H3,(H,17,18,19). The normalized spacial score (nSPS) is 19.6. The first-order valence-corrected chi connectivity index (χ1v) is 8.78. The second kappa shape index (κ2) is 7.30. The van der Waals surface area contributed by atoms with E-state index in [0.717, 1.165) is 62.8 Å². The maximum absolute atomic E-state index is 5.85. The van der Waals surface area contributed by atoms with Gasteiger partial charge < -0.3 is 4.74 Å². The molecule has 1 aliphatic heterocycles. The molecule has 6 nitrogen and oxygen atoms in total. The third-order valence-corrected chi connectivity index (χ3v) is 4.97. The second-order valence-electron chi connectivity index (χ2n) is 5.66. The summed E-state index contributed by atoms with van der Waals surface area (Å²) in [5, 5.41) is 7.34. The highest BCUT2D eigenvalue weighted by molar-refractivity contribution is 7.09. The van der Waals surface area contributed by atoms with Gasteiger partial charge in [0.05, 0.1) is 17.8 Å². The van der Waals surface area contributed by atoms with Gasteiger partial charge in [0, 0.05) is 30.9 Å². The lowest BCUT2D eigenvalue weighted by Gasteiger charge is -2.31. The number of H-pyrrole nitrogens is 1. The summed E-state index contributed by atoms with van der Waals surface area (Å²) < 4.78 is 5.85. The molecule has 1 saturated heterocycles. The quantitative estimate of drug-likeness (QED) is 0.883. The average molecular weight is 321 g/mol. The number of hydrogen-bond acceptors (Lipinski definition) is 6. The summed E-state index contributed by atoms with van der Waals surface area (Å²) in [7, 11) is 0. The molecule has 0 saturated carbocycles. The third-order valence-electron chi connectivity index (χ3n) is 3.97. The average Bonchev–Trinajstić information content (AvgIpc) is 3.15. The molecule has 120 valence electrons. The van der Waals surface area contributed by atoms with Crippen molar-refractivity contribution in [3.8, 4) is 0 Å². The van der Waals surface area contributed by atoms with Crippen LogP contribution in [0.3, 0.4) is 0 Å². The van der Waals surface area contributed by atoms with Crippen LogP contribution in [0.5, 0.6) is 0 Å². The minimum atomic E-state index is -0.0156. The summed E-state index contributed by atoms with van der Waals surface area (Å²) in [4.78, 5) is 12.7. The molecular formula is C15H23N5OS. The second-order valence-corrected chi connectivity index (χ2v) is 6.60. The van der Waals surface area contributed by atoms with E-state index in [0.29, 0.717) is 0 Å². The van der Waals surface area contributed by atoms with Crippen molar-refractivity contribution in [3.63, 3.8) is 0 Å². The van der Waals surface area contributed by atoms with E-state index in [2.05, 4.69) is 38.9 Å². The van der Waals surface area contributed by atoms with Gasteiger partial charge in [0.25, 0.3) is 0 Å². The van der Waals surface area contributed by atoms with Crippen LogP contribution in [0.15, 0.2) is 5.51 Å². The number of aromatic amines is 1. The Morgan fingerprint density at radius 1 is 1.45 bits per heavy atom. The number of rotatable bonds is 6. The highest BCUT2D eigenvalue weighted by Gasteiger charge is 2.25. The number of morpholine rings is 1. The summed E-state index contributed by atoms with van der Waals surface area (Å²) >= 11 is 1.75. The fourth-order valence-corrected chi connectivity index (χ4v) is 3.46. The van der Waals surface area contributed by atoms with Crippen molar-refractivity contribution in [3.05, 3.63) is 27.7 Å². The van der Waals surface area contributed by atoms with Crippen molar-refractivity contribution in [2.45, 2.75) is 39.2 Å². The van der Waals surface area contributed by atoms with Crippen molar-refractivity contribution in [2.75, 3.05) is 26.2 Å². The number of aryl methyl sites for hydroxylation is 2. The third kappa shape index (κ3) is 3.71. The highest BCUT2D eigenvalue weighted by atomic mass is 32.1. The zero-order chi connectivity index (χ0) is 15.4. The minimum Gasteiger partial charge on any atom is -0.367 e. The Morgan fingerprint density at radius 3 is 3.14 bits per heavy atom. The minimum absolute atomic E-state index is 0.0156. The summed E-state index contributed by atoms with van der Waals surface area (Å²) in [5.41, 5.74) is 3.09. The highest BCUT2D eigenvalue weighted by Crippen LogP contribution is 2.20. The van der Waals surface area contributed by atoms with Gasteiger partial charge in [0.2, 0.25) is 0 Å². The maximum atomic E-state index is 5.85. The van der Waals surface area contributed by atoms with Gasteiger partial charge in [-0.25, -0.2) is 9.97 Å². The summed E-state index contributed by atoms with van der Waals surface area (Å²) in [6.07, 6.45) is 3.05. The van der Waals surface area contributed by atoms with E-state index in [1.54, 1.807) is 11.3 Å². The fourth-order valence-electron chi connectivity index (χ4n) is 2.69. The lowest BCUT2D eigenvalue weighted by Crippen LogP contribution is -2.39. The molecule has 0 aromatic carbocycles. The zero-order valence-corrected chi connectivity index (χ0v) is 14.0. The Morgan fingerprint density at radius 2 is 2.36 bits per heavy atom. The smallest absolute Gasteiger partial charge is 0.180 e. The van der Waals surface area contributed by atoms with E-state index in [4.69, 9.17) is 4.74 Å². The molecule has 0 amide bonds. The van der Waals surface area contributed by atoms with Crippen LogP contribution in [0.4, 0.5) is 0 Å². The number of thiazole rings is 1. The van der Waals surface area contributed by atoms with Gasteiger partial charge in [0.1, 0.15) is 11.9 Å². The van der Waals surface area contributed by atoms with Crippen molar-refractivity contribution in [1.29, 1.82) is 0 Å². The van der Waals surface area contributed by atoms with Crippen molar-refractivity contribution in [2.24, 2.45) is 0 Å². The summed E-state index contributed by atoms with van der Waals surface area (Å²) in [6, 6.07) is 0. The van der Waals surface area contributed by atoms with Crippen LogP contribution in [-0.2, 0) is 17.6 Å². The summed E-state index contributed by atoms with van der Waals surface area (Å²) in [5.74, 6) is 1.75. The topological polar surface area (TPSA) is 66.9 Å². The molecule has 0 bridgehead atoms. The van der Waals surface area contributed by atoms with Gasteiger partial charge in [-0.3, -0.25) is 10.00 Å². The van der Waals surface area contributed by atoms with Gasteiger partial charge in [0.15, 0.2) is 5.82 Å². The first-order chi connectivity index (χ1) is 10.8. The monoisotopic (exact) mass is 321 g/mol. The van der Waals surface area contributed by atoms with Crippen LogP contribution in [-0.4, -0.2) is 51.3 Å². The molecule has 0 aliphatic carbocycles. The number of nitrogens with zero attached hydrogens (tertiary/aromatic N) is 4. The van der Waals surface area contributed by atoms with Crippen LogP contribution in [0.1, 0.15) is 41.7 Å². The largest absolute Gasteiger partial charge is 0.367 e. The molecule has 7 heteroatoms. The molecule has 1 unspecified atom stereocenters. The summed E-state index contributed by atoms with van der Waals surface area (Å²) in [6.45, 7) is 7.83. The van der Waals surface area contributed by atoms with Crippen LogP contribution >= 0.6 is 11.3 Å². The van der Waals surface area contributed by atoms with Gasteiger partial charge >= 0.3 is 0 Å². The van der Waals surface area contributed by atoms with Gasteiger partial charge in [-0.15, -0.1) is 11.3 Å². The number of hydrogen-bond donors (Lipinski definition) is 1. The lowest BCUT2D eigenvalue weighted by atomic mass is 10.2. The van der Waals surface area contributed by atoms with E-state index < -0.39 is 0 Å². The van der Waals surface area contributed by atoms with E-state index in [1.807, 2.05) is 5.51 Å². The molecule has 1 atom stereocenters. The Hall–Kier alpha value is -1.31. The van der Waals surface area contributed by atoms with Gasteiger partial charge in [-0.2, -0.15) is 5.10 Å². The molecule has 0 spiro atoms. The van der Waals surface area contributed by atoms with Gasteiger partial charge in [-0.05, 0) is 19.8 Å². The van der Waals surface area contributed by atoms with E-state index >= 15 is 0 Å². The van der Waals surface area contributed by atoms with Gasteiger partial charge in [-0.1, -0.05) is 6.92 Å². The predicted molar refractivity (Wildman–Crippen MR) is 86.1 cm³/mol. The van der Waals surface area contributed by atoms with Crippen LogP contribution in [0.2, 0.25) is 0 Å². The molecule has 1 aliphatic rings. The fraction of sp³-hybridized carbons (Fsp3) is 0.667. The number of nitrogens with one attached hydrogen (secondary N) is 1. The van der Waals surface area contributed by atoms with E-state index in [-0.39, 0.29) is 6.10 Å². The predicted octanol–water partition coefficient (Wildman–Crippen LogP) is 2.14. The van der Waals surface area contributed by atoms with Crippen molar-refractivity contribution in [1.82, 2.24) is 25.1 Å². The van der Waals surface area contributed by atoms with Crippen molar-refractivity contribution >= 4 is 11.3 Å².